The first-order valence-electron chi connectivity index (χ1n) is 8.37. The average molecular weight is 295 g/mol. The number of fused-ring (bicyclic) bond motifs is 2. The Morgan fingerprint density at radius 1 is 0.864 bits per heavy atom. The van der Waals surface area contributed by atoms with E-state index < -0.39 is 0 Å². The van der Waals surface area contributed by atoms with E-state index >= 15 is 0 Å². The fourth-order valence-electron chi connectivity index (χ4n) is 4.29. The summed E-state index contributed by atoms with van der Waals surface area (Å²) in [6.45, 7) is 2.07. The van der Waals surface area contributed by atoms with Crippen LogP contribution in [0.2, 0.25) is 0 Å². The van der Waals surface area contributed by atoms with Crippen molar-refractivity contribution in [3.05, 3.63) is 59.4 Å². The second kappa shape index (κ2) is 5.51. The molecule has 2 heteroatoms. The second-order valence-electron chi connectivity index (χ2n) is 6.82. The van der Waals surface area contributed by atoms with Gasteiger partial charge in [0.1, 0.15) is 5.82 Å². The summed E-state index contributed by atoms with van der Waals surface area (Å²) in [6.07, 6.45) is 6.69. The van der Waals surface area contributed by atoms with Gasteiger partial charge in [-0.1, -0.05) is 43.5 Å². The summed E-state index contributed by atoms with van der Waals surface area (Å²) in [4.78, 5) is 0. The Morgan fingerprint density at radius 2 is 1.59 bits per heavy atom. The van der Waals surface area contributed by atoms with Gasteiger partial charge in [0.25, 0.3) is 0 Å². The third-order valence-corrected chi connectivity index (χ3v) is 5.44. The van der Waals surface area contributed by atoms with Crippen LogP contribution < -0.4 is 5.32 Å². The lowest BCUT2D eigenvalue weighted by atomic mass is 9.66. The summed E-state index contributed by atoms with van der Waals surface area (Å²) in [5, 5.41) is 3.63. The highest BCUT2D eigenvalue weighted by molar-refractivity contribution is 5.65. The van der Waals surface area contributed by atoms with E-state index in [1.165, 1.54) is 55.4 Å². The zero-order valence-electron chi connectivity index (χ0n) is 12.9. The van der Waals surface area contributed by atoms with Crippen molar-refractivity contribution in [3.8, 4) is 11.1 Å². The van der Waals surface area contributed by atoms with Gasteiger partial charge in [-0.25, -0.2) is 4.39 Å². The van der Waals surface area contributed by atoms with Crippen LogP contribution in [0.15, 0.2) is 42.5 Å². The van der Waals surface area contributed by atoms with Crippen molar-refractivity contribution in [3.63, 3.8) is 0 Å². The van der Waals surface area contributed by atoms with Crippen LogP contribution in [0.3, 0.4) is 0 Å². The van der Waals surface area contributed by atoms with Crippen LogP contribution in [-0.2, 0) is 12.0 Å². The summed E-state index contributed by atoms with van der Waals surface area (Å²) < 4.78 is 13.1. The molecule has 1 fully saturated rings. The van der Waals surface area contributed by atoms with Crippen molar-refractivity contribution in [2.75, 3.05) is 6.54 Å². The fourth-order valence-corrected chi connectivity index (χ4v) is 4.29. The molecule has 0 atom stereocenters. The van der Waals surface area contributed by atoms with E-state index in [1.807, 2.05) is 12.1 Å². The molecule has 0 unspecified atom stereocenters. The van der Waals surface area contributed by atoms with Crippen molar-refractivity contribution in [2.24, 2.45) is 0 Å². The van der Waals surface area contributed by atoms with E-state index in [0.29, 0.717) is 5.41 Å². The number of rotatable bonds is 1. The molecule has 1 saturated carbocycles. The summed E-state index contributed by atoms with van der Waals surface area (Å²) >= 11 is 0. The van der Waals surface area contributed by atoms with Gasteiger partial charge in [0.2, 0.25) is 0 Å². The van der Waals surface area contributed by atoms with Gasteiger partial charge in [0.15, 0.2) is 0 Å². The van der Waals surface area contributed by atoms with E-state index in [-0.39, 0.29) is 5.82 Å². The Kier molecular flexibility index (Phi) is 3.50. The Bertz CT molecular complexity index is 669. The number of nitrogens with one attached hydrogen (secondary N) is 1. The number of hydrogen-bond donors (Lipinski definition) is 1. The highest BCUT2D eigenvalue weighted by Crippen LogP contribution is 2.43. The summed E-state index contributed by atoms with van der Waals surface area (Å²) in [6, 6.07) is 13.7. The minimum Gasteiger partial charge on any atom is -0.312 e. The lowest BCUT2D eigenvalue weighted by molar-refractivity contribution is 0.265. The van der Waals surface area contributed by atoms with E-state index in [4.69, 9.17) is 0 Å². The third kappa shape index (κ3) is 2.36. The minimum atomic E-state index is -0.176. The van der Waals surface area contributed by atoms with E-state index in [2.05, 4.69) is 23.5 Å². The molecular formula is C20H22FN. The van der Waals surface area contributed by atoms with Crippen molar-refractivity contribution in [1.29, 1.82) is 0 Å². The zero-order valence-corrected chi connectivity index (χ0v) is 12.9. The van der Waals surface area contributed by atoms with Crippen LogP contribution >= 0.6 is 0 Å². The monoisotopic (exact) mass is 295 g/mol. The first-order valence-corrected chi connectivity index (χ1v) is 8.37. The molecule has 0 bridgehead atoms. The zero-order chi connectivity index (χ0) is 15.0. The van der Waals surface area contributed by atoms with Gasteiger partial charge < -0.3 is 5.32 Å². The molecule has 0 saturated heterocycles. The molecule has 22 heavy (non-hydrogen) atoms. The molecular weight excluding hydrogens is 273 g/mol. The molecule has 0 radical (unpaired) electrons. The SMILES string of the molecule is Fc1ccc(-c2ccc3c(c2)CNCC32CCCCC2)cc1. The molecule has 2 aromatic rings. The van der Waals surface area contributed by atoms with E-state index in [0.717, 1.165) is 18.7 Å². The van der Waals surface area contributed by atoms with Crippen molar-refractivity contribution >= 4 is 0 Å². The molecule has 114 valence electrons. The summed E-state index contributed by atoms with van der Waals surface area (Å²) in [5.74, 6) is -0.176. The van der Waals surface area contributed by atoms with Gasteiger partial charge in [-0.15, -0.1) is 0 Å². The topological polar surface area (TPSA) is 12.0 Å². The van der Waals surface area contributed by atoms with Gasteiger partial charge in [0, 0.05) is 18.5 Å². The largest absolute Gasteiger partial charge is 0.312 e. The van der Waals surface area contributed by atoms with Crippen LogP contribution in [0.1, 0.15) is 43.2 Å². The Balaban J connectivity index is 1.73. The Hall–Kier alpha value is -1.67. The van der Waals surface area contributed by atoms with E-state index in [9.17, 15) is 4.39 Å². The molecule has 1 spiro atoms. The van der Waals surface area contributed by atoms with Gasteiger partial charge >= 0.3 is 0 Å². The van der Waals surface area contributed by atoms with Gasteiger partial charge in [-0.2, -0.15) is 0 Å². The molecule has 2 aliphatic rings. The second-order valence-corrected chi connectivity index (χ2v) is 6.82. The van der Waals surface area contributed by atoms with E-state index in [1.54, 1.807) is 5.56 Å². The Morgan fingerprint density at radius 3 is 2.36 bits per heavy atom. The number of benzene rings is 2. The number of halogens is 1. The summed E-state index contributed by atoms with van der Waals surface area (Å²) in [5.41, 5.74) is 5.61. The lowest BCUT2D eigenvalue weighted by Gasteiger charge is -2.42. The highest BCUT2D eigenvalue weighted by atomic mass is 19.1. The minimum absolute atomic E-state index is 0.176. The van der Waals surface area contributed by atoms with Crippen LogP contribution in [0.5, 0.6) is 0 Å². The molecule has 0 aromatic heterocycles. The summed E-state index contributed by atoms with van der Waals surface area (Å²) in [7, 11) is 0. The molecule has 4 rings (SSSR count). The van der Waals surface area contributed by atoms with Crippen LogP contribution in [-0.4, -0.2) is 6.54 Å². The molecule has 0 amide bonds. The van der Waals surface area contributed by atoms with Crippen molar-refractivity contribution in [2.45, 2.75) is 44.1 Å². The molecule has 1 heterocycles. The van der Waals surface area contributed by atoms with Gasteiger partial charge in [-0.05, 0) is 53.3 Å². The first kappa shape index (κ1) is 14.0. The normalized spacial score (nSPS) is 19.9. The molecule has 1 N–H and O–H groups in total. The number of hydrogen-bond acceptors (Lipinski definition) is 1. The lowest BCUT2D eigenvalue weighted by Crippen LogP contribution is -2.44. The molecule has 1 aliphatic carbocycles. The predicted molar refractivity (Wildman–Crippen MR) is 88.3 cm³/mol. The van der Waals surface area contributed by atoms with Crippen molar-refractivity contribution in [1.82, 2.24) is 5.32 Å². The quantitative estimate of drug-likeness (QED) is 0.797. The first-order chi connectivity index (χ1) is 10.8. The molecule has 2 aromatic carbocycles. The smallest absolute Gasteiger partial charge is 0.123 e. The molecule has 1 nitrogen and oxygen atoms in total. The van der Waals surface area contributed by atoms with Crippen LogP contribution in [0, 0.1) is 5.82 Å². The van der Waals surface area contributed by atoms with Crippen LogP contribution in [0.25, 0.3) is 11.1 Å². The Labute approximate surface area is 131 Å². The highest BCUT2D eigenvalue weighted by Gasteiger charge is 2.37. The van der Waals surface area contributed by atoms with Gasteiger partial charge in [-0.3, -0.25) is 0 Å². The molecule has 1 aliphatic heterocycles. The maximum Gasteiger partial charge on any atom is 0.123 e. The predicted octanol–water partition coefficient (Wildman–Crippen LogP) is 4.80. The average Bonchev–Trinajstić information content (AvgIpc) is 2.56. The fraction of sp³-hybridized carbons (Fsp3) is 0.400. The maximum atomic E-state index is 13.1. The van der Waals surface area contributed by atoms with Crippen molar-refractivity contribution < 1.29 is 4.39 Å². The standard InChI is InChI=1S/C20H22FN/c21-18-7-4-15(5-8-18)16-6-9-19-17(12-16)13-22-14-20(19)10-2-1-3-11-20/h4-9,12,22H,1-3,10-11,13-14H2. The maximum absolute atomic E-state index is 13.1. The third-order valence-electron chi connectivity index (χ3n) is 5.44. The van der Waals surface area contributed by atoms with Gasteiger partial charge in [0.05, 0.1) is 0 Å². The van der Waals surface area contributed by atoms with Crippen LogP contribution in [0.4, 0.5) is 4.39 Å².